The smallest absolute Gasteiger partial charge is 0.169 e. The lowest BCUT2D eigenvalue weighted by molar-refractivity contribution is -0.692. The fourth-order valence-electron chi connectivity index (χ4n) is 1.01. The van der Waals surface area contributed by atoms with Crippen molar-refractivity contribution in [3.8, 4) is 0 Å². The van der Waals surface area contributed by atoms with Gasteiger partial charge < -0.3 is 0 Å². The van der Waals surface area contributed by atoms with Gasteiger partial charge in [0.15, 0.2) is 18.9 Å². The number of aromatic nitrogens is 1. The van der Waals surface area contributed by atoms with E-state index in [1.807, 2.05) is 12.4 Å². The molecule has 0 saturated carbocycles. The Labute approximate surface area is 82.9 Å². The van der Waals surface area contributed by atoms with Gasteiger partial charge in [0.25, 0.3) is 0 Å². The van der Waals surface area contributed by atoms with Gasteiger partial charge in [0.1, 0.15) is 0 Å². The van der Waals surface area contributed by atoms with E-state index in [9.17, 15) is 0 Å². The third-order valence-corrected chi connectivity index (χ3v) is 2.04. The van der Waals surface area contributed by atoms with E-state index >= 15 is 0 Å². The van der Waals surface area contributed by atoms with Crippen molar-refractivity contribution in [1.82, 2.24) is 0 Å². The second-order valence-electron chi connectivity index (χ2n) is 2.57. The lowest BCUT2D eigenvalue weighted by Crippen LogP contribution is -2.33. The van der Waals surface area contributed by atoms with E-state index in [4.69, 9.17) is 23.2 Å². The van der Waals surface area contributed by atoms with Crippen molar-refractivity contribution in [1.29, 1.82) is 0 Å². The molecule has 0 bridgehead atoms. The molecule has 0 aromatic carbocycles. The quantitative estimate of drug-likeness (QED) is 0.522. The van der Waals surface area contributed by atoms with Crippen LogP contribution in [-0.4, -0.2) is 11.8 Å². The number of alkyl halides is 2. The molecule has 3 heteroatoms. The Bertz CT molecular complexity index is 195. The predicted molar refractivity (Wildman–Crippen MR) is 51.8 cm³/mol. The molecule has 0 amide bonds. The maximum Gasteiger partial charge on any atom is 0.169 e. The van der Waals surface area contributed by atoms with Gasteiger partial charge in [0.2, 0.25) is 0 Å². The van der Waals surface area contributed by atoms with Crippen molar-refractivity contribution >= 4 is 23.2 Å². The topological polar surface area (TPSA) is 3.88 Å². The van der Waals surface area contributed by atoms with Crippen molar-refractivity contribution in [3.63, 3.8) is 0 Å². The summed E-state index contributed by atoms with van der Waals surface area (Å²) in [6, 6.07) is 4.16. The van der Waals surface area contributed by atoms with E-state index in [1.165, 1.54) is 5.56 Å². The minimum absolute atomic E-state index is 0.652. The Morgan fingerprint density at radius 1 is 1.08 bits per heavy atom. The average Bonchev–Trinajstić information content (AvgIpc) is 2.09. The Morgan fingerprint density at radius 3 is 2.25 bits per heavy atom. The van der Waals surface area contributed by atoms with E-state index < -0.39 is 0 Å². The molecule has 1 rings (SSSR count). The molecule has 0 spiro atoms. The highest BCUT2D eigenvalue weighted by Crippen LogP contribution is 1.97. The molecule has 0 aliphatic rings. The molecule has 0 saturated heterocycles. The van der Waals surface area contributed by atoms with Crippen LogP contribution in [0.15, 0.2) is 24.5 Å². The Kier molecular flexibility index (Phi) is 4.41. The van der Waals surface area contributed by atoms with Crippen LogP contribution in [0.4, 0.5) is 0 Å². The lowest BCUT2D eigenvalue weighted by atomic mass is 10.2. The van der Waals surface area contributed by atoms with Crippen molar-refractivity contribution < 1.29 is 4.57 Å². The molecule has 0 atom stereocenters. The van der Waals surface area contributed by atoms with Crippen LogP contribution < -0.4 is 4.57 Å². The number of aryl methyl sites for hydroxylation is 2. The highest BCUT2D eigenvalue weighted by atomic mass is 35.5. The first-order valence-electron chi connectivity index (χ1n) is 3.96. The van der Waals surface area contributed by atoms with Crippen LogP contribution in [0, 0.1) is 0 Å². The van der Waals surface area contributed by atoms with Gasteiger partial charge in [-0.1, -0.05) is 0 Å². The molecule has 1 heterocycles. The normalized spacial score (nSPS) is 10.2. The molecule has 0 N–H and O–H groups in total. The van der Waals surface area contributed by atoms with E-state index in [1.54, 1.807) is 0 Å². The summed E-state index contributed by atoms with van der Waals surface area (Å²) in [4.78, 5) is 0. The van der Waals surface area contributed by atoms with Gasteiger partial charge in [-0.05, 0) is 12.0 Å². The van der Waals surface area contributed by atoms with Crippen LogP contribution in [0.25, 0.3) is 0 Å². The third-order valence-electron chi connectivity index (χ3n) is 1.69. The molecule has 0 aliphatic heterocycles. The highest BCUT2D eigenvalue weighted by molar-refractivity contribution is 6.18. The van der Waals surface area contributed by atoms with E-state index in [0.717, 1.165) is 13.0 Å². The van der Waals surface area contributed by atoms with Crippen molar-refractivity contribution in [3.05, 3.63) is 30.1 Å². The molecule has 0 aliphatic carbocycles. The first-order valence-corrected chi connectivity index (χ1v) is 5.03. The van der Waals surface area contributed by atoms with Crippen LogP contribution in [0.1, 0.15) is 5.56 Å². The summed E-state index contributed by atoms with van der Waals surface area (Å²) in [5, 5.41) is 0. The summed E-state index contributed by atoms with van der Waals surface area (Å²) in [5.41, 5.74) is 1.27. The minimum Gasteiger partial charge on any atom is -0.204 e. The number of hydrogen-bond acceptors (Lipinski definition) is 0. The highest BCUT2D eigenvalue weighted by Gasteiger charge is 1.98. The number of halogens is 2. The second kappa shape index (κ2) is 5.39. The Morgan fingerprint density at radius 2 is 1.75 bits per heavy atom. The first kappa shape index (κ1) is 9.82. The van der Waals surface area contributed by atoms with Crippen LogP contribution >= 0.6 is 23.2 Å². The molecular formula is C9H12Cl2N+. The number of rotatable bonds is 4. The van der Waals surface area contributed by atoms with E-state index in [-0.39, 0.29) is 0 Å². The summed E-state index contributed by atoms with van der Waals surface area (Å²) >= 11 is 11.2. The first-order chi connectivity index (χ1) is 5.86. The average molecular weight is 205 g/mol. The zero-order valence-electron chi connectivity index (χ0n) is 6.84. The second-order valence-corrected chi connectivity index (χ2v) is 3.33. The molecule has 1 aromatic heterocycles. The Balaban J connectivity index is 2.58. The van der Waals surface area contributed by atoms with E-state index in [0.29, 0.717) is 11.8 Å². The largest absolute Gasteiger partial charge is 0.204 e. The van der Waals surface area contributed by atoms with Gasteiger partial charge in [-0.15, -0.1) is 23.2 Å². The van der Waals surface area contributed by atoms with Crippen LogP contribution in [0.5, 0.6) is 0 Å². The van der Waals surface area contributed by atoms with Gasteiger partial charge in [-0.2, -0.15) is 0 Å². The molecule has 0 unspecified atom stereocenters. The number of nitrogens with zero attached hydrogens (tertiary/aromatic N) is 1. The fourth-order valence-corrected chi connectivity index (χ4v) is 1.42. The van der Waals surface area contributed by atoms with Gasteiger partial charge in [0, 0.05) is 18.0 Å². The van der Waals surface area contributed by atoms with Gasteiger partial charge in [0.05, 0.1) is 5.88 Å². The fraction of sp³-hybridized carbons (Fsp3) is 0.444. The van der Waals surface area contributed by atoms with Crippen molar-refractivity contribution in [2.75, 3.05) is 11.8 Å². The number of pyridine rings is 1. The van der Waals surface area contributed by atoms with Gasteiger partial charge >= 0.3 is 0 Å². The molecule has 0 radical (unpaired) electrons. The molecule has 66 valence electrons. The minimum atomic E-state index is 0.652. The summed E-state index contributed by atoms with van der Waals surface area (Å²) in [6.07, 6.45) is 5.00. The zero-order chi connectivity index (χ0) is 8.81. The van der Waals surface area contributed by atoms with Crippen molar-refractivity contribution in [2.45, 2.75) is 13.0 Å². The van der Waals surface area contributed by atoms with Gasteiger partial charge in [-0.3, -0.25) is 0 Å². The van der Waals surface area contributed by atoms with Gasteiger partial charge in [-0.25, -0.2) is 4.57 Å². The molecule has 1 nitrogen and oxygen atoms in total. The lowest BCUT2D eigenvalue weighted by Gasteiger charge is -1.95. The summed E-state index contributed by atoms with van der Waals surface area (Å²) in [7, 11) is 0. The van der Waals surface area contributed by atoms with Crippen molar-refractivity contribution in [2.24, 2.45) is 0 Å². The summed E-state index contributed by atoms with van der Waals surface area (Å²) < 4.78 is 2.06. The molecular weight excluding hydrogens is 193 g/mol. The maximum absolute atomic E-state index is 5.61. The molecule has 1 aromatic rings. The standard InChI is InChI=1S/C9H12Cl2N/c10-4-1-9-2-6-12(7-3-9)8-5-11/h2-3,6-7H,1,4-5,8H2/q+1. The Hall–Kier alpha value is -0.270. The van der Waals surface area contributed by atoms with Crippen LogP contribution in [0.3, 0.4) is 0 Å². The molecule has 0 fully saturated rings. The SMILES string of the molecule is ClCCc1cc[n+](CCCl)cc1. The monoisotopic (exact) mass is 204 g/mol. The summed E-state index contributed by atoms with van der Waals surface area (Å²) in [6.45, 7) is 0.864. The van der Waals surface area contributed by atoms with Crippen LogP contribution in [0.2, 0.25) is 0 Å². The number of hydrogen-bond donors (Lipinski definition) is 0. The summed E-state index contributed by atoms with van der Waals surface area (Å²) in [5.74, 6) is 1.33. The predicted octanol–water partition coefficient (Wildman–Crippen LogP) is 1.99. The van der Waals surface area contributed by atoms with E-state index in [2.05, 4.69) is 16.7 Å². The molecule has 12 heavy (non-hydrogen) atoms. The third kappa shape index (κ3) is 3.00. The zero-order valence-corrected chi connectivity index (χ0v) is 8.35. The maximum atomic E-state index is 5.61. The van der Waals surface area contributed by atoms with Crippen LogP contribution in [-0.2, 0) is 13.0 Å².